The normalized spacial score (nSPS) is 29.1. The summed E-state index contributed by atoms with van der Waals surface area (Å²) in [4.78, 5) is 0. The van der Waals surface area contributed by atoms with E-state index in [1.54, 1.807) is 0 Å². The largest absolute Gasteiger partial charge is 0.314 e. The molecule has 0 heterocycles. The van der Waals surface area contributed by atoms with Crippen LogP contribution in [0, 0.1) is 5.92 Å². The number of rotatable bonds is 5. The van der Waals surface area contributed by atoms with Gasteiger partial charge in [-0.25, -0.2) is 0 Å². The average molecular weight is 183 g/mol. The first kappa shape index (κ1) is 11.0. The van der Waals surface area contributed by atoms with Crippen molar-refractivity contribution in [2.24, 2.45) is 5.92 Å². The second-order valence-corrected chi connectivity index (χ2v) is 4.63. The fourth-order valence-electron chi connectivity index (χ4n) is 2.30. The lowest BCUT2D eigenvalue weighted by Crippen LogP contribution is -2.34. The summed E-state index contributed by atoms with van der Waals surface area (Å²) in [5.41, 5.74) is 0. The van der Waals surface area contributed by atoms with Gasteiger partial charge in [-0.2, -0.15) is 0 Å². The highest BCUT2D eigenvalue weighted by molar-refractivity contribution is 4.75. The Balaban J connectivity index is 2.00. The van der Waals surface area contributed by atoms with Crippen LogP contribution in [-0.2, 0) is 0 Å². The van der Waals surface area contributed by atoms with Gasteiger partial charge < -0.3 is 5.32 Å². The van der Waals surface area contributed by atoms with E-state index in [-0.39, 0.29) is 0 Å². The van der Waals surface area contributed by atoms with Gasteiger partial charge >= 0.3 is 0 Å². The van der Waals surface area contributed by atoms with Crippen molar-refractivity contribution in [3.05, 3.63) is 0 Å². The fraction of sp³-hybridized carbons (Fsp3) is 1.00. The van der Waals surface area contributed by atoms with Gasteiger partial charge in [0, 0.05) is 6.04 Å². The summed E-state index contributed by atoms with van der Waals surface area (Å²) in [6, 6.07) is 0.834. The molecule has 1 aliphatic rings. The molecular weight excluding hydrogens is 158 g/mol. The van der Waals surface area contributed by atoms with E-state index in [0.29, 0.717) is 0 Å². The molecule has 0 saturated heterocycles. The zero-order valence-corrected chi connectivity index (χ0v) is 9.31. The summed E-state index contributed by atoms with van der Waals surface area (Å²) in [6.45, 7) is 5.90. The first-order valence-corrected chi connectivity index (χ1v) is 6.06. The predicted octanol–water partition coefficient (Wildman–Crippen LogP) is 3.34. The number of unbranched alkanes of at least 4 members (excludes halogenated alkanes) is 2. The van der Waals surface area contributed by atoms with Crippen LogP contribution in [0.25, 0.3) is 0 Å². The third-order valence-electron chi connectivity index (χ3n) is 3.15. The van der Waals surface area contributed by atoms with Crippen molar-refractivity contribution >= 4 is 0 Å². The molecule has 1 N–H and O–H groups in total. The number of hydrogen-bond acceptors (Lipinski definition) is 1. The molecule has 1 aliphatic carbocycles. The summed E-state index contributed by atoms with van der Waals surface area (Å²) in [7, 11) is 0. The van der Waals surface area contributed by atoms with Gasteiger partial charge in [-0.05, 0) is 31.7 Å². The van der Waals surface area contributed by atoms with E-state index in [0.717, 1.165) is 12.0 Å². The molecule has 0 aromatic carbocycles. The quantitative estimate of drug-likeness (QED) is 0.645. The second-order valence-electron chi connectivity index (χ2n) is 4.63. The zero-order chi connectivity index (χ0) is 9.52. The number of hydrogen-bond donors (Lipinski definition) is 1. The molecule has 0 aromatic heterocycles. The van der Waals surface area contributed by atoms with Gasteiger partial charge in [0.2, 0.25) is 0 Å². The molecule has 1 heteroatoms. The summed E-state index contributed by atoms with van der Waals surface area (Å²) in [6.07, 6.45) is 9.79. The summed E-state index contributed by atoms with van der Waals surface area (Å²) in [5, 5.41) is 3.69. The van der Waals surface area contributed by atoms with Crippen molar-refractivity contribution in [3.63, 3.8) is 0 Å². The lowest BCUT2D eigenvalue weighted by Gasteiger charge is -2.27. The van der Waals surface area contributed by atoms with Gasteiger partial charge in [-0.1, -0.05) is 39.5 Å². The Bertz CT molecular complexity index is 122. The Hall–Kier alpha value is -0.0400. The molecule has 78 valence electrons. The Morgan fingerprint density at radius 2 is 2.08 bits per heavy atom. The highest BCUT2D eigenvalue weighted by Crippen LogP contribution is 2.23. The summed E-state index contributed by atoms with van der Waals surface area (Å²) < 4.78 is 0. The van der Waals surface area contributed by atoms with E-state index in [9.17, 15) is 0 Å². The maximum atomic E-state index is 3.69. The molecule has 0 bridgehead atoms. The molecule has 0 radical (unpaired) electrons. The first-order valence-electron chi connectivity index (χ1n) is 6.06. The molecule has 1 nitrogen and oxygen atoms in total. The second kappa shape index (κ2) is 6.42. The zero-order valence-electron chi connectivity index (χ0n) is 9.31. The van der Waals surface area contributed by atoms with Crippen LogP contribution in [0.15, 0.2) is 0 Å². The lowest BCUT2D eigenvalue weighted by atomic mass is 9.87. The van der Waals surface area contributed by atoms with Crippen LogP contribution in [-0.4, -0.2) is 12.6 Å². The molecule has 1 rings (SSSR count). The monoisotopic (exact) mass is 183 g/mol. The molecule has 1 saturated carbocycles. The van der Waals surface area contributed by atoms with Gasteiger partial charge in [0.1, 0.15) is 0 Å². The van der Waals surface area contributed by atoms with E-state index in [1.807, 2.05) is 0 Å². The van der Waals surface area contributed by atoms with E-state index >= 15 is 0 Å². The molecule has 2 atom stereocenters. The lowest BCUT2D eigenvalue weighted by molar-refractivity contribution is 0.300. The maximum Gasteiger partial charge on any atom is 0.00696 e. The summed E-state index contributed by atoms with van der Waals surface area (Å²) >= 11 is 0. The third kappa shape index (κ3) is 4.66. The topological polar surface area (TPSA) is 12.0 Å². The highest BCUT2D eigenvalue weighted by Gasteiger charge is 2.17. The van der Waals surface area contributed by atoms with E-state index in [2.05, 4.69) is 19.2 Å². The molecular formula is C12H25N. The fourth-order valence-corrected chi connectivity index (χ4v) is 2.30. The van der Waals surface area contributed by atoms with Gasteiger partial charge in [0.25, 0.3) is 0 Å². The smallest absolute Gasteiger partial charge is 0.00696 e. The van der Waals surface area contributed by atoms with E-state index in [4.69, 9.17) is 0 Å². The molecule has 0 spiro atoms. The van der Waals surface area contributed by atoms with Crippen molar-refractivity contribution in [3.8, 4) is 0 Å². The van der Waals surface area contributed by atoms with Crippen LogP contribution in [0.1, 0.15) is 58.8 Å². The molecule has 2 unspecified atom stereocenters. The number of nitrogens with one attached hydrogen (secondary N) is 1. The van der Waals surface area contributed by atoms with Crippen molar-refractivity contribution < 1.29 is 0 Å². The van der Waals surface area contributed by atoms with Crippen LogP contribution >= 0.6 is 0 Å². The van der Waals surface area contributed by atoms with Gasteiger partial charge in [0.15, 0.2) is 0 Å². The van der Waals surface area contributed by atoms with Crippen LogP contribution in [0.3, 0.4) is 0 Å². The third-order valence-corrected chi connectivity index (χ3v) is 3.15. The van der Waals surface area contributed by atoms with Crippen LogP contribution in [0.5, 0.6) is 0 Å². The average Bonchev–Trinajstić information content (AvgIpc) is 2.13. The molecule has 0 aliphatic heterocycles. The molecule has 0 amide bonds. The SMILES string of the molecule is CCCCCNC1CCCC(C)C1. The Morgan fingerprint density at radius 3 is 2.77 bits per heavy atom. The molecule has 0 aromatic rings. The maximum absolute atomic E-state index is 3.69. The van der Waals surface area contributed by atoms with E-state index in [1.165, 1.54) is 51.5 Å². The highest BCUT2D eigenvalue weighted by atomic mass is 14.9. The van der Waals surface area contributed by atoms with Crippen molar-refractivity contribution in [2.45, 2.75) is 64.8 Å². The van der Waals surface area contributed by atoms with Crippen LogP contribution < -0.4 is 5.32 Å². The van der Waals surface area contributed by atoms with Crippen molar-refractivity contribution in [2.75, 3.05) is 6.54 Å². The minimum atomic E-state index is 0.834. The Labute approximate surface area is 83.3 Å². The van der Waals surface area contributed by atoms with Crippen LogP contribution in [0.4, 0.5) is 0 Å². The predicted molar refractivity (Wildman–Crippen MR) is 58.9 cm³/mol. The molecule has 1 fully saturated rings. The van der Waals surface area contributed by atoms with Gasteiger partial charge in [-0.15, -0.1) is 0 Å². The molecule has 13 heavy (non-hydrogen) atoms. The van der Waals surface area contributed by atoms with Crippen molar-refractivity contribution in [1.29, 1.82) is 0 Å². The minimum absolute atomic E-state index is 0.834. The standard InChI is InChI=1S/C12H25N/c1-3-4-5-9-13-12-8-6-7-11(2)10-12/h11-13H,3-10H2,1-2H3. The summed E-state index contributed by atoms with van der Waals surface area (Å²) in [5.74, 6) is 0.956. The first-order chi connectivity index (χ1) is 6.33. The Kier molecular flexibility index (Phi) is 5.45. The van der Waals surface area contributed by atoms with Gasteiger partial charge in [0.05, 0.1) is 0 Å². The minimum Gasteiger partial charge on any atom is -0.314 e. The Morgan fingerprint density at radius 1 is 1.23 bits per heavy atom. The van der Waals surface area contributed by atoms with Crippen molar-refractivity contribution in [1.82, 2.24) is 5.32 Å². The van der Waals surface area contributed by atoms with Gasteiger partial charge in [-0.3, -0.25) is 0 Å². The van der Waals surface area contributed by atoms with E-state index < -0.39 is 0 Å². The van der Waals surface area contributed by atoms with Crippen LogP contribution in [0.2, 0.25) is 0 Å².